The molecule has 0 unspecified atom stereocenters. The van der Waals surface area contributed by atoms with Crippen LogP contribution in [0, 0.1) is 20.8 Å². The maximum atomic E-state index is 2.38. The summed E-state index contributed by atoms with van der Waals surface area (Å²) in [7, 11) is 2.16. The van der Waals surface area contributed by atoms with Crippen molar-refractivity contribution in [1.29, 1.82) is 0 Å². The molecule has 1 aliphatic rings. The number of fused-ring (bicyclic) bond motifs is 3. The van der Waals surface area contributed by atoms with Crippen LogP contribution >= 0.6 is 0 Å². The highest BCUT2D eigenvalue weighted by Crippen LogP contribution is 2.53. The van der Waals surface area contributed by atoms with E-state index in [1.807, 2.05) is 0 Å². The van der Waals surface area contributed by atoms with Crippen molar-refractivity contribution in [3.8, 4) is 22.4 Å². The lowest BCUT2D eigenvalue weighted by molar-refractivity contribution is -0.660. The standard InChI is InChI=1S/C24H26N/c1-15-11-12-21(25(6)14-15)22-17(3)16(2)13-19-18-9-7-8-10-20(18)24(4,5)23(19)22/h7-14H,1-6H3/q+1. The Kier molecular flexibility index (Phi) is 3.40. The molecule has 2 aromatic carbocycles. The molecule has 0 saturated heterocycles. The Labute approximate surface area is 151 Å². The minimum atomic E-state index is 0.0115. The van der Waals surface area contributed by atoms with Crippen molar-refractivity contribution in [2.75, 3.05) is 0 Å². The largest absolute Gasteiger partial charge is 0.212 e. The van der Waals surface area contributed by atoms with Gasteiger partial charge in [-0.25, -0.2) is 4.57 Å². The van der Waals surface area contributed by atoms with Crippen molar-refractivity contribution < 1.29 is 4.57 Å². The molecule has 0 atom stereocenters. The number of pyridine rings is 1. The molecule has 25 heavy (non-hydrogen) atoms. The molecular weight excluding hydrogens is 302 g/mol. The molecule has 1 heteroatoms. The maximum Gasteiger partial charge on any atom is 0.212 e. The monoisotopic (exact) mass is 328 g/mol. The molecule has 1 heterocycles. The van der Waals surface area contributed by atoms with Crippen LogP contribution in [-0.2, 0) is 12.5 Å². The number of hydrogen-bond donors (Lipinski definition) is 0. The van der Waals surface area contributed by atoms with Crippen LogP contribution in [0.4, 0.5) is 0 Å². The lowest BCUT2D eigenvalue weighted by Crippen LogP contribution is -2.32. The van der Waals surface area contributed by atoms with Crippen molar-refractivity contribution in [3.05, 3.63) is 76.5 Å². The van der Waals surface area contributed by atoms with Crippen molar-refractivity contribution in [2.45, 2.75) is 40.0 Å². The fourth-order valence-corrected chi connectivity index (χ4v) is 4.50. The highest BCUT2D eigenvalue weighted by atomic mass is 14.9. The van der Waals surface area contributed by atoms with E-state index < -0.39 is 0 Å². The summed E-state index contributed by atoms with van der Waals surface area (Å²) >= 11 is 0. The molecule has 0 radical (unpaired) electrons. The molecule has 0 bridgehead atoms. The number of benzene rings is 2. The molecule has 1 aliphatic carbocycles. The van der Waals surface area contributed by atoms with E-state index >= 15 is 0 Å². The number of aromatic nitrogens is 1. The van der Waals surface area contributed by atoms with Crippen molar-refractivity contribution in [2.24, 2.45) is 7.05 Å². The van der Waals surface area contributed by atoms with Crippen molar-refractivity contribution in [1.82, 2.24) is 0 Å². The van der Waals surface area contributed by atoms with Gasteiger partial charge in [0.2, 0.25) is 5.69 Å². The Morgan fingerprint density at radius 3 is 2.32 bits per heavy atom. The first-order chi connectivity index (χ1) is 11.8. The summed E-state index contributed by atoms with van der Waals surface area (Å²) < 4.78 is 2.27. The van der Waals surface area contributed by atoms with Gasteiger partial charge in [0, 0.05) is 17.0 Å². The molecule has 0 saturated carbocycles. The van der Waals surface area contributed by atoms with Gasteiger partial charge in [0.1, 0.15) is 7.05 Å². The van der Waals surface area contributed by atoms with Gasteiger partial charge in [0.25, 0.3) is 0 Å². The van der Waals surface area contributed by atoms with Crippen LogP contribution in [-0.4, -0.2) is 0 Å². The van der Waals surface area contributed by atoms with Crippen LogP contribution in [0.2, 0.25) is 0 Å². The third kappa shape index (κ3) is 2.18. The Balaban J connectivity index is 2.14. The summed E-state index contributed by atoms with van der Waals surface area (Å²) in [4.78, 5) is 0. The van der Waals surface area contributed by atoms with Crippen molar-refractivity contribution in [3.63, 3.8) is 0 Å². The minimum absolute atomic E-state index is 0.0115. The fourth-order valence-electron chi connectivity index (χ4n) is 4.50. The van der Waals surface area contributed by atoms with Crippen LogP contribution in [0.5, 0.6) is 0 Å². The molecule has 1 nitrogen and oxygen atoms in total. The number of rotatable bonds is 1. The highest BCUT2D eigenvalue weighted by molar-refractivity contribution is 5.89. The highest BCUT2D eigenvalue weighted by Gasteiger charge is 2.39. The Morgan fingerprint density at radius 1 is 0.880 bits per heavy atom. The number of aryl methyl sites for hydroxylation is 3. The van der Waals surface area contributed by atoms with E-state index in [2.05, 4.69) is 94.9 Å². The number of hydrogen-bond acceptors (Lipinski definition) is 0. The average molecular weight is 328 g/mol. The molecule has 0 spiro atoms. The summed E-state index contributed by atoms with van der Waals surface area (Å²) in [6, 6.07) is 15.8. The van der Waals surface area contributed by atoms with Gasteiger partial charge in [-0.05, 0) is 60.2 Å². The lowest BCUT2D eigenvalue weighted by atomic mass is 9.77. The second-order valence-electron chi connectivity index (χ2n) is 7.99. The molecule has 3 aromatic rings. The van der Waals surface area contributed by atoms with E-state index in [4.69, 9.17) is 0 Å². The number of nitrogens with zero attached hydrogens (tertiary/aromatic N) is 1. The van der Waals surface area contributed by atoms with Gasteiger partial charge in [0.05, 0.1) is 5.56 Å². The molecule has 4 rings (SSSR count). The second-order valence-corrected chi connectivity index (χ2v) is 7.99. The zero-order chi connectivity index (χ0) is 17.9. The molecule has 0 aliphatic heterocycles. The SMILES string of the molecule is Cc1ccc(-c2c(C)c(C)cc3c2C(C)(C)c2ccccc2-3)[n+](C)c1. The van der Waals surface area contributed by atoms with Crippen LogP contribution in [0.25, 0.3) is 22.4 Å². The summed E-state index contributed by atoms with van der Waals surface area (Å²) in [5, 5.41) is 0. The summed E-state index contributed by atoms with van der Waals surface area (Å²) in [5.41, 5.74) is 12.4. The quantitative estimate of drug-likeness (QED) is 0.526. The van der Waals surface area contributed by atoms with Gasteiger partial charge in [-0.15, -0.1) is 0 Å². The lowest BCUT2D eigenvalue weighted by Gasteiger charge is -2.25. The fraction of sp³-hybridized carbons (Fsp3) is 0.292. The first-order valence-electron chi connectivity index (χ1n) is 9.03. The van der Waals surface area contributed by atoms with E-state index in [0.717, 1.165) is 0 Å². The third-order valence-electron chi connectivity index (χ3n) is 5.90. The summed E-state index contributed by atoms with van der Waals surface area (Å²) in [6.45, 7) is 11.4. The third-order valence-corrected chi connectivity index (χ3v) is 5.90. The second kappa shape index (κ2) is 5.29. The van der Waals surface area contributed by atoms with E-state index in [-0.39, 0.29) is 5.41 Å². The Hall–Kier alpha value is -2.41. The predicted molar refractivity (Wildman–Crippen MR) is 105 cm³/mol. The normalized spacial score (nSPS) is 14.3. The molecular formula is C24H26N+. The van der Waals surface area contributed by atoms with Crippen LogP contribution in [0.15, 0.2) is 48.7 Å². The van der Waals surface area contributed by atoms with Crippen LogP contribution in [0.3, 0.4) is 0 Å². The van der Waals surface area contributed by atoms with Gasteiger partial charge in [-0.3, -0.25) is 0 Å². The van der Waals surface area contributed by atoms with Gasteiger partial charge in [-0.2, -0.15) is 0 Å². The average Bonchev–Trinajstić information content (AvgIpc) is 2.78. The Bertz CT molecular complexity index is 1010. The molecule has 126 valence electrons. The predicted octanol–water partition coefficient (Wildman–Crippen LogP) is 5.41. The van der Waals surface area contributed by atoms with E-state index in [0.29, 0.717) is 0 Å². The summed E-state index contributed by atoms with van der Waals surface area (Å²) in [6.07, 6.45) is 2.22. The maximum absolute atomic E-state index is 2.38. The first-order valence-corrected chi connectivity index (χ1v) is 9.03. The van der Waals surface area contributed by atoms with Gasteiger partial charge in [0.15, 0.2) is 6.20 Å². The molecule has 1 aromatic heterocycles. The zero-order valence-electron chi connectivity index (χ0n) is 16.1. The van der Waals surface area contributed by atoms with Gasteiger partial charge >= 0.3 is 0 Å². The Morgan fingerprint density at radius 2 is 1.60 bits per heavy atom. The summed E-state index contributed by atoms with van der Waals surface area (Å²) in [5.74, 6) is 0. The first kappa shape index (κ1) is 16.1. The molecule has 0 N–H and O–H groups in total. The van der Waals surface area contributed by atoms with Gasteiger partial charge in [-0.1, -0.05) is 44.2 Å². The molecule has 0 amide bonds. The topological polar surface area (TPSA) is 3.88 Å². The molecule has 0 fully saturated rings. The van der Waals surface area contributed by atoms with Crippen LogP contribution < -0.4 is 4.57 Å². The van der Waals surface area contributed by atoms with E-state index in [1.54, 1.807) is 0 Å². The van der Waals surface area contributed by atoms with E-state index in [9.17, 15) is 0 Å². The van der Waals surface area contributed by atoms with Gasteiger partial charge < -0.3 is 0 Å². The van der Waals surface area contributed by atoms with Crippen molar-refractivity contribution >= 4 is 0 Å². The van der Waals surface area contributed by atoms with E-state index in [1.165, 1.54) is 50.2 Å². The minimum Gasteiger partial charge on any atom is -0.201 e. The van der Waals surface area contributed by atoms with Crippen LogP contribution in [0.1, 0.15) is 41.7 Å². The zero-order valence-corrected chi connectivity index (χ0v) is 16.1. The smallest absolute Gasteiger partial charge is 0.201 e.